The van der Waals surface area contributed by atoms with Crippen LogP contribution in [0.4, 0.5) is 4.39 Å². The minimum atomic E-state index is -0.288. The first kappa shape index (κ1) is 22.7. The van der Waals surface area contributed by atoms with E-state index >= 15 is 0 Å². The third kappa shape index (κ3) is 6.48. The first-order valence-corrected chi connectivity index (χ1v) is 9.93. The molecular weight excluding hydrogens is 369 g/mol. The fourth-order valence-corrected chi connectivity index (χ4v) is 3.32. The maximum atomic E-state index is 14.7. The lowest BCUT2D eigenvalue weighted by Crippen LogP contribution is -2.22. The van der Waals surface area contributed by atoms with Crippen LogP contribution >= 0.6 is 0 Å². The maximum absolute atomic E-state index is 14.7. The van der Waals surface area contributed by atoms with E-state index in [9.17, 15) is 4.39 Å². The van der Waals surface area contributed by atoms with E-state index in [0.29, 0.717) is 24.5 Å². The molecule has 0 amide bonds. The van der Waals surface area contributed by atoms with Gasteiger partial charge in [-0.25, -0.2) is 4.39 Å². The number of unbranched alkanes of at least 4 members (excludes halogenated alkanes) is 2. The Balaban J connectivity index is 2.26. The molecule has 0 radical (unpaired) electrons. The molecule has 0 bridgehead atoms. The van der Waals surface area contributed by atoms with Crippen LogP contribution in [0, 0.1) is 11.2 Å². The number of hydrogen-bond acceptors (Lipinski definition) is 3. The van der Waals surface area contributed by atoms with E-state index in [0.717, 1.165) is 30.4 Å². The third-order valence-corrected chi connectivity index (χ3v) is 4.74. The number of methoxy groups -OCH3 is 1. The second-order valence-electron chi connectivity index (χ2n) is 8.07. The van der Waals surface area contributed by atoms with Crippen molar-refractivity contribution in [2.75, 3.05) is 20.3 Å². The van der Waals surface area contributed by atoms with Crippen molar-refractivity contribution in [2.24, 2.45) is 10.5 Å². The fourth-order valence-electron chi connectivity index (χ4n) is 3.32. The number of rotatable bonds is 10. The molecule has 0 aliphatic rings. The van der Waals surface area contributed by atoms with Gasteiger partial charge in [-0.3, -0.25) is 0 Å². The van der Waals surface area contributed by atoms with Crippen molar-refractivity contribution in [1.82, 2.24) is 0 Å². The largest absolute Gasteiger partial charge is 0.497 e. The van der Waals surface area contributed by atoms with Crippen molar-refractivity contribution in [1.29, 1.82) is 0 Å². The van der Waals surface area contributed by atoms with Gasteiger partial charge < -0.3 is 9.47 Å². The van der Waals surface area contributed by atoms with Gasteiger partial charge in [0.15, 0.2) is 0 Å². The normalized spacial score (nSPS) is 12.3. The summed E-state index contributed by atoms with van der Waals surface area (Å²) in [6.45, 7) is 7.47. The summed E-state index contributed by atoms with van der Waals surface area (Å²) in [5.41, 5.74) is 10.4. The maximum Gasteiger partial charge on any atom is 0.131 e. The van der Waals surface area contributed by atoms with Crippen LogP contribution in [0.15, 0.2) is 47.6 Å². The van der Waals surface area contributed by atoms with Gasteiger partial charge in [0.05, 0.1) is 13.2 Å². The Morgan fingerprint density at radius 2 is 1.83 bits per heavy atom. The zero-order chi connectivity index (χ0) is 21.3. The number of azide groups is 1. The highest BCUT2D eigenvalue weighted by Crippen LogP contribution is 2.41. The first-order chi connectivity index (χ1) is 13.9. The van der Waals surface area contributed by atoms with E-state index < -0.39 is 0 Å². The highest BCUT2D eigenvalue weighted by molar-refractivity contribution is 5.70. The molecule has 5 nitrogen and oxygen atoms in total. The van der Waals surface area contributed by atoms with E-state index in [2.05, 4.69) is 30.8 Å². The molecule has 0 aliphatic carbocycles. The van der Waals surface area contributed by atoms with Gasteiger partial charge in [-0.2, -0.15) is 0 Å². The minimum absolute atomic E-state index is 0.170. The fraction of sp³-hybridized carbons (Fsp3) is 0.478. The Morgan fingerprint density at radius 3 is 2.52 bits per heavy atom. The van der Waals surface area contributed by atoms with E-state index in [4.69, 9.17) is 15.0 Å². The molecular formula is C23H30FN3O2. The van der Waals surface area contributed by atoms with Crippen LogP contribution in [0.1, 0.15) is 51.7 Å². The summed E-state index contributed by atoms with van der Waals surface area (Å²) in [7, 11) is 1.58. The lowest BCUT2D eigenvalue weighted by molar-refractivity contribution is -0.0210. The molecule has 1 unspecified atom stereocenters. The van der Waals surface area contributed by atoms with Crippen molar-refractivity contribution in [3.05, 3.63) is 64.3 Å². The summed E-state index contributed by atoms with van der Waals surface area (Å²) in [5.74, 6) is 0.327. The summed E-state index contributed by atoms with van der Waals surface area (Å²) in [6.07, 6.45) is 2.46. The zero-order valence-corrected chi connectivity index (χ0v) is 17.7. The molecule has 0 saturated heterocycles. The lowest BCUT2D eigenvalue weighted by Gasteiger charge is -2.33. The van der Waals surface area contributed by atoms with Gasteiger partial charge in [-0.05, 0) is 53.1 Å². The summed E-state index contributed by atoms with van der Waals surface area (Å²) in [5, 5.41) is 3.55. The van der Waals surface area contributed by atoms with Crippen molar-refractivity contribution in [3.8, 4) is 16.9 Å². The smallest absolute Gasteiger partial charge is 0.131 e. The third-order valence-electron chi connectivity index (χ3n) is 4.74. The van der Waals surface area contributed by atoms with Crippen molar-refractivity contribution < 1.29 is 13.9 Å². The van der Waals surface area contributed by atoms with Gasteiger partial charge in [-0.1, -0.05) is 56.6 Å². The van der Waals surface area contributed by atoms with E-state index in [-0.39, 0.29) is 17.3 Å². The van der Waals surface area contributed by atoms with E-state index in [1.165, 1.54) is 6.07 Å². The average Bonchev–Trinajstić information content (AvgIpc) is 2.70. The summed E-state index contributed by atoms with van der Waals surface area (Å²) in [6, 6.07) is 12.6. The molecule has 0 heterocycles. The Labute approximate surface area is 172 Å². The number of benzene rings is 2. The lowest BCUT2D eigenvalue weighted by atomic mass is 9.81. The average molecular weight is 400 g/mol. The van der Waals surface area contributed by atoms with Gasteiger partial charge in [-0.15, -0.1) is 0 Å². The molecule has 0 N–H and O–H groups in total. The molecule has 29 heavy (non-hydrogen) atoms. The molecule has 0 aromatic heterocycles. The quantitative estimate of drug-likeness (QED) is 0.185. The van der Waals surface area contributed by atoms with Crippen LogP contribution in [-0.4, -0.2) is 20.3 Å². The molecule has 0 fully saturated rings. The molecule has 2 aromatic rings. The van der Waals surface area contributed by atoms with Gasteiger partial charge >= 0.3 is 0 Å². The SMILES string of the molecule is COc1ccc(F)c(-c2ccccc2C(OCCCCCN=[N+]=[N-])C(C)(C)C)c1. The predicted molar refractivity (Wildman–Crippen MR) is 114 cm³/mol. The van der Waals surface area contributed by atoms with E-state index in [1.807, 2.05) is 24.3 Å². The van der Waals surface area contributed by atoms with Crippen LogP contribution in [0.2, 0.25) is 0 Å². The highest BCUT2D eigenvalue weighted by Gasteiger charge is 2.29. The molecule has 2 rings (SSSR count). The predicted octanol–water partition coefficient (Wildman–Crippen LogP) is 7.09. The Bertz CT molecular complexity index is 842. The van der Waals surface area contributed by atoms with E-state index in [1.54, 1.807) is 19.2 Å². The van der Waals surface area contributed by atoms with Gasteiger partial charge in [0, 0.05) is 23.6 Å². The Morgan fingerprint density at radius 1 is 1.07 bits per heavy atom. The number of halogens is 1. The van der Waals surface area contributed by atoms with Crippen LogP contribution in [0.3, 0.4) is 0 Å². The highest BCUT2D eigenvalue weighted by atomic mass is 19.1. The van der Waals surface area contributed by atoms with Crippen LogP contribution in [-0.2, 0) is 4.74 Å². The number of hydrogen-bond donors (Lipinski definition) is 0. The van der Waals surface area contributed by atoms with Crippen LogP contribution in [0.5, 0.6) is 5.75 Å². The molecule has 0 saturated carbocycles. The molecule has 0 aliphatic heterocycles. The molecule has 0 spiro atoms. The number of nitrogens with zero attached hydrogens (tertiary/aromatic N) is 3. The van der Waals surface area contributed by atoms with Gasteiger partial charge in [0.25, 0.3) is 0 Å². The van der Waals surface area contributed by atoms with Crippen molar-refractivity contribution in [2.45, 2.75) is 46.1 Å². The second-order valence-corrected chi connectivity index (χ2v) is 8.07. The second kappa shape index (κ2) is 10.8. The molecule has 156 valence electrons. The van der Waals surface area contributed by atoms with Crippen molar-refractivity contribution in [3.63, 3.8) is 0 Å². The minimum Gasteiger partial charge on any atom is -0.497 e. The first-order valence-electron chi connectivity index (χ1n) is 9.93. The zero-order valence-electron chi connectivity index (χ0n) is 17.7. The van der Waals surface area contributed by atoms with Crippen LogP contribution in [0.25, 0.3) is 21.6 Å². The van der Waals surface area contributed by atoms with Crippen molar-refractivity contribution >= 4 is 0 Å². The summed E-state index contributed by atoms with van der Waals surface area (Å²) in [4.78, 5) is 2.77. The molecule has 6 heteroatoms. The topological polar surface area (TPSA) is 67.2 Å². The van der Waals surface area contributed by atoms with Gasteiger partial charge in [0.2, 0.25) is 0 Å². The number of ether oxygens (including phenoxy) is 2. The standard InChI is InChI=1S/C23H30FN3O2/c1-23(2,3)22(29-15-9-5-8-14-26-27-25)19-11-7-6-10-18(19)20-16-17(28-4)12-13-21(20)24/h6-7,10-13,16,22H,5,8-9,14-15H2,1-4H3. The Hall–Kier alpha value is -2.56. The summed E-state index contributed by atoms with van der Waals surface area (Å²) < 4.78 is 26.2. The van der Waals surface area contributed by atoms with Gasteiger partial charge in [0.1, 0.15) is 11.6 Å². The van der Waals surface area contributed by atoms with Crippen LogP contribution < -0.4 is 4.74 Å². The summed E-state index contributed by atoms with van der Waals surface area (Å²) >= 11 is 0. The Kier molecular flexibility index (Phi) is 8.50. The molecule has 1 atom stereocenters. The monoisotopic (exact) mass is 399 g/mol. The molecule has 2 aromatic carbocycles.